The molecule has 1 aromatic carbocycles. The number of rotatable bonds is 2. The van der Waals surface area contributed by atoms with Crippen LogP contribution in [0.2, 0.25) is 0 Å². The summed E-state index contributed by atoms with van der Waals surface area (Å²) < 4.78 is 0. The first-order chi connectivity index (χ1) is 7.25. The number of nitrogens with zero attached hydrogens (tertiary/aromatic N) is 2. The molecule has 0 spiro atoms. The molecule has 0 unspecified atom stereocenters. The lowest BCUT2D eigenvalue weighted by atomic mass is 10.3. The maximum absolute atomic E-state index is 10.4. The van der Waals surface area contributed by atoms with Gasteiger partial charge in [0.15, 0.2) is 5.96 Å². The Hall–Kier alpha value is -2.11. The Bertz CT molecular complexity index is 399. The van der Waals surface area contributed by atoms with Crippen molar-refractivity contribution in [1.82, 2.24) is 5.32 Å². The molecule has 0 saturated carbocycles. The number of nitro groups is 1. The van der Waals surface area contributed by atoms with Crippen LogP contribution in [0.3, 0.4) is 0 Å². The van der Waals surface area contributed by atoms with E-state index in [9.17, 15) is 10.1 Å². The molecule has 0 bridgehead atoms. The maximum Gasteiger partial charge on any atom is 0.269 e. The molecular weight excluding hydrogens is 196 g/mol. The molecule has 15 heavy (non-hydrogen) atoms. The molecule has 1 aromatic rings. The third-order valence-electron chi connectivity index (χ3n) is 2.02. The van der Waals surface area contributed by atoms with Gasteiger partial charge < -0.3 is 10.6 Å². The monoisotopic (exact) mass is 206 g/mol. The summed E-state index contributed by atoms with van der Waals surface area (Å²) in [5, 5.41) is 16.5. The minimum Gasteiger partial charge on any atom is -0.354 e. The van der Waals surface area contributed by atoms with Crippen LogP contribution in [-0.4, -0.2) is 24.0 Å². The zero-order chi connectivity index (χ0) is 10.7. The van der Waals surface area contributed by atoms with E-state index in [1.165, 1.54) is 12.1 Å². The van der Waals surface area contributed by atoms with E-state index in [1.807, 2.05) is 0 Å². The summed E-state index contributed by atoms with van der Waals surface area (Å²) in [4.78, 5) is 14.1. The predicted octanol–water partition coefficient (Wildman–Crippen LogP) is 0.966. The second-order valence-corrected chi connectivity index (χ2v) is 3.09. The number of aliphatic imine (C=N–C) groups is 1. The van der Waals surface area contributed by atoms with E-state index >= 15 is 0 Å². The maximum atomic E-state index is 10.4. The van der Waals surface area contributed by atoms with Crippen LogP contribution in [0.1, 0.15) is 0 Å². The molecular formula is C9H10N4O2. The molecule has 0 fully saturated rings. The number of nitro benzene ring substituents is 1. The smallest absolute Gasteiger partial charge is 0.269 e. The van der Waals surface area contributed by atoms with Gasteiger partial charge in [-0.25, -0.2) is 0 Å². The van der Waals surface area contributed by atoms with Crippen molar-refractivity contribution in [2.24, 2.45) is 4.99 Å². The number of guanidine groups is 1. The number of anilines is 1. The Labute approximate surface area is 86.2 Å². The molecule has 6 heteroatoms. The van der Waals surface area contributed by atoms with Crippen molar-refractivity contribution in [3.05, 3.63) is 34.4 Å². The van der Waals surface area contributed by atoms with Gasteiger partial charge in [-0.3, -0.25) is 15.1 Å². The average Bonchev–Trinajstić information content (AvgIpc) is 2.71. The highest BCUT2D eigenvalue weighted by molar-refractivity contribution is 5.94. The van der Waals surface area contributed by atoms with Crippen molar-refractivity contribution in [2.45, 2.75) is 0 Å². The van der Waals surface area contributed by atoms with Crippen molar-refractivity contribution in [1.29, 1.82) is 0 Å². The second-order valence-electron chi connectivity index (χ2n) is 3.09. The van der Waals surface area contributed by atoms with Crippen LogP contribution in [0.4, 0.5) is 11.4 Å². The summed E-state index contributed by atoms with van der Waals surface area (Å²) in [6.45, 7) is 1.59. The van der Waals surface area contributed by atoms with Gasteiger partial charge in [-0.15, -0.1) is 0 Å². The molecule has 78 valence electrons. The topological polar surface area (TPSA) is 79.6 Å². The summed E-state index contributed by atoms with van der Waals surface area (Å²) in [7, 11) is 0. The second kappa shape index (κ2) is 3.95. The lowest BCUT2D eigenvalue weighted by Gasteiger charge is -2.05. The lowest BCUT2D eigenvalue weighted by Crippen LogP contribution is -2.26. The standard InChI is InChI=1S/C9H10N4O2/c14-13(15)8-3-1-7(2-4-8)12-9-10-5-6-11-9/h1-4H,5-6H2,(H2,10,11,12). The summed E-state index contributed by atoms with van der Waals surface area (Å²) in [5.74, 6) is 0.712. The van der Waals surface area contributed by atoms with E-state index in [2.05, 4.69) is 15.6 Å². The van der Waals surface area contributed by atoms with Crippen LogP contribution in [-0.2, 0) is 0 Å². The first-order valence-electron chi connectivity index (χ1n) is 4.55. The van der Waals surface area contributed by atoms with Gasteiger partial charge in [-0.1, -0.05) is 0 Å². The third-order valence-corrected chi connectivity index (χ3v) is 2.02. The number of hydrogen-bond acceptors (Lipinski definition) is 5. The molecule has 1 heterocycles. The third kappa shape index (κ3) is 2.22. The molecule has 1 aliphatic rings. The fourth-order valence-electron chi connectivity index (χ4n) is 1.28. The van der Waals surface area contributed by atoms with Crippen LogP contribution in [0, 0.1) is 10.1 Å². The largest absolute Gasteiger partial charge is 0.354 e. The molecule has 0 aromatic heterocycles. The van der Waals surface area contributed by atoms with Crippen LogP contribution in [0.15, 0.2) is 29.3 Å². The van der Waals surface area contributed by atoms with Crippen LogP contribution in [0.25, 0.3) is 0 Å². The minimum absolute atomic E-state index is 0.0851. The minimum atomic E-state index is -0.422. The summed E-state index contributed by atoms with van der Waals surface area (Å²) >= 11 is 0. The summed E-state index contributed by atoms with van der Waals surface area (Å²) in [5.41, 5.74) is 0.871. The Balaban J connectivity index is 2.06. The molecule has 0 aliphatic carbocycles. The number of nitrogens with one attached hydrogen (secondary N) is 2. The van der Waals surface area contributed by atoms with Gasteiger partial charge in [-0.2, -0.15) is 0 Å². The average molecular weight is 206 g/mol. The summed E-state index contributed by atoms with van der Waals surface area (Å²) in [6.07, 6.45) is 0. The van der Waals surface area contributed by atoms with E-state index in [0.717, 1.165) is 18.8 Å². The highest BCUT2D eigenvalue weighted by atomic mass is 16.6. The summed E-state index contributed by atoms with van der Waals surface area (Å²) in [6, 6.07) is 6.22. The Morgan fingerprint density at radius 3 is 2.67 bits per heavy atom. The van der Waals surface area contributed by atoms with Crippen molar-refractivity contribution in [2.75, 3.05) is 18.4 Å². The van der Waals surface area contributed by atoms with Gasteiger partial charge in [0.1, 0.15) is 0 Å². The number of non-ortho nitro benzene ring substituents is 1. The highest BCUT2D eigenvalue weighted by Crippen LogP contribution is 2.15. The zero-order valence-electron chi connectivity index (χ0n) is 7.93. The van der Waals surface area contributed by atoms with E-state index in [1.54, 1.807) is 12.1 Å². The van der Waals surface area contributed by atoms with Gasteiger partial charge in [0.2, 0.25) is 0 Å². The normalized spacial score (nSPS) is 14.3. The fraction of sp³-hybridized carbons (Fsp3) is 0.222. The van der Waals surface area contributed by atoms with Crippen LogP contribution >= 0.6 is 0 Å². The van der Waals surface area contributed by atoms with Gasteiger partial charge in [-0.05, 0) is 12.1 Å². The van der Waals surface area contributed by atoms with Crippen molar-refractivity contribution in [3.63, 3.8) is 0 Å². The number of benzene rings is 1. The van der Waals surface area contributed by atoms with Gasteiger partial charge >= 0.3 is 0 Å². The van der Waals surface area contributed by atoms with E-state index in [4.69, 9.17) is 0 Å². The highest BCUT2D eigenvalue weighted by Gasteiger charge is 2.07. The Morgan fingerprint density at radius 2 is 2.13 bits per heavy atom. The Kier molecular flexibility index (Phi) is 2.49. The molecule has 1 aliphatic heterocycles. The van der Waals surface area contributed by atoms with E-state index in [0.29, 0.717) is 5.96 Å². The zero-order valence-corrected chi connectivity index (χ0v) is 7.93. The van der Waals surface area contributed by atoms with E-state index < -0.39 is 4.92 Å². The van der Waals surface area contributed by atoms with Crippen molar-refractivity contribution < 1.29 is 4.92 Å². The van der Waals surface area contributed by atoms with Crippen molar-refractivity contribution >= 4 is 17.3 Å². The SMILES string of the molecule is O=[N+]([O-])c1ccc(NC2=NCCN2)cc1. The van der Waals surface area contributed by atoms with E-state index in [-0.39, 0.29) is 5.69 Å². The van der Waals surface area contributed by atoms with Crippen molar-refractivity contribution in [3.8, 4) is 0 Å². The molecule has 0 atom stereocenters. The van der Waals surface area contributed by atoms with Crippen LogP contribution < -0.4 is 10.6 Å². The quantitative estimate of drug-likeness (QED) is 0.558. The fourth-order valence-corrected chi connectivity index (χ4v) is 1.28. The lowest BCUT2D eigenvalue weighted by molar-refractivity contribution is -0.384. The molecule has 0 radical (unpaired) electrons. The van der Waals surface area contributed by atoms with Crippen LogP contribution in [0.5, 0.6) is 0 Å². The molecule has 2 rings (SSSR count). The van der Waals surface area contributed by atoms with Gasteiger partial charge in [0, 0.05) is 24.4 Å². The van der Waals surface area contributed by atoms with Gasteiger partial charge in [0.25, 0.3) is 5.69 Å². The molecule has 0 amide bonds. The first-order valence-corrected chi connectivity index (χ1v) is 4.55. The molecule has 6 nitrogen and oxygen atoms in total. The Morgan fingerprint density at radius 1 is 1.40 bits per heavy atom. The molecule has 0 saturated heterocycles. The first kappa shape index (κ1) is 9.45. The number of hydrogen-bond donors (Lipinski definition) is 2. The predicted molar refractivity (Wildman–Crippen MR) is 57.0 cm³/mol. The van der Waals surface area contributed by atoms with Gasteiger partial charge in [0.05, 0.1) is 11.5 Å². The molecule has 2 N–H and O–H groups in total.